The molecule has 150 valence electrons. The molecular formula is C22H28ClN3O2. The van der Waals surface area contributed by atoms with E-state index in [0.29, 0.717) is 5.75 Å². The van der Waals surface area contributed by atoms with Gasteiger partial charge in [-0.25, -0.2) is 0 Å². The van der Waals surface area contributed by atoms with Crippen molar-refractivity contribution in [3.05, 3.63) is 52.5 Å². The van der Waals surface area contributed by atoms with Crippen molar-refractivity contribution in [2.75, 3.05) is 49.5 Å². The molecule has 0 bridgehead atoms. The molecule has 1 N–H and O–H groups in total. The molecule has 0 radical (unpaired) electrons. The topological polar surface area (TPSA) is 44.8 Å². The van der Waals surface area contributed by atoms with Gasteiger partial charge in [-0.05, 0) is 67.9 Å². The van der Waals surface area contributed by atoms with Gasteiger partial charge in [0, 0.05) is 42.6 Å². The van der Waals surface area contributed by atoms with E-state index in [-0.39, 0.29) is 12.5 Å². The van der Waals surface area contributed by atoms with Crippen molar-refractivity contribution in [1.82, 2.24) is 4.90 Å². The summed E-state index contributed by atoms with van der Waals surface area (Å²) in [6, 6.07) is 11.7. The quantitative estimate of drug-likeness (QED) is 0.790. The third-order valence-electron chi connectivity index (χ3n) is 5.12. The molecule has 1 aliphatic rings. The van der Waals surface area contributed by atoms with E-state index in [2.05, 4.69) is 34.2 Å². The molecule has 0 saturated carbocycles. The molecule has 1 heterocycles. The SMILES string of the molecule is CCN1CCN(c2ccc(NC(=O)COc3cc(C)c(Cl)c(C)c3)cc2)CC1. The largest absolute Gasteiger partial charge is 0.484 e. The zero-order valence-corrected chi connectivity index (χ0v) is 17.6. The minimum absolute atomic E-state index is 0.0404. The Morgan fingerprint density at radius 1 is 1.07 bits per heavy atom. The predicted octanol–water partition coefficient (Wildman–Crippen LogP) is 4.12. The fourth-order valence-electron chi connectivity index (χ4n) is 3.41. The summed E-state index contributed by atoms with van der Waals surface area (Å²) in [7, 11) is 0. The lowest BCUT2D eigenvalue weighted by Gasteiger charge is -2.35. The molecule has 0 atom stereocenters. The highest BCUT2D eigenvalue weighted by molar-refractivity contribution is 6.32. The molecule has 0 unspecified atom stereocenters. The Morgan fingerprint density at radius 2 is 1.68 bits per heavy atom. The van der Waals surface area contributed by atoms with Gasteiger partial charge >= 0.3 is 0 Å². The molecule has 0 aliphatic carbocycles. The lowest BCUT2D eigenvalue weighted by Crippen LogP contribution is -2.46. The summed E-state index contributed by atoms with van der Waals surface area (Å²) < 4.78 is 5.61. The number of aryl methyl sites for hydroxylation is 2. The van der Waals surface area contributed by atoms with Gasteiger partial charge in [-0.15, -0.1) is 0 Å². The molecule has 1 amide bonds. The van der Waals surface area contributed by atoms with Crippen LogP contribution in [-0.4, -0.2) is 50.1 Å². The third kappa shape index (κ3) is 5.18. The lowest BCUT2D eigenvalue weighted by atomic mass is 10.1. The minimum atomic E-state index is -0.186. The summed E-state index contributed by atoms with van der Waals surface area (Å²) in [4.78, 5) is 17.0. The fraction of sp³-hybridized carbons (Fsp3) is 0.409. The van der Waals surface area contributed by atoms with Crippen molar-refractivity contribution in [2.24, 2.45) is 0 Å². The number of hydrogen-bond acceptors (Lipinski definition) is 4. The Bertz CT molecular complexity index is 792. The zero-order chi connectivity index (χ0) is 20.1. The molecule has 1 saturated heterocycles. The van der Waals surface area contributed by atoms with Gasteiger partial charge in [0.15, 0.2) is 6.61 Å². The van der Waals surface area contributed by atoms with Gasteiger partial charge in [-0.1, -0.05) is 18.5 Å². The molecule has 2 aromatic carbocycles. The first-order valence-electron chi connectivity index (χ1n) is 9.73. The maximum atomic E-state index is 12.2. The first-order valence-corrected chi connectivity index (χ1v) is 10.1. The van der Waals surface area contributed by atoms with E-state index in [9.17, 15) is 4.79 Å². The Labute approximate surface area is 172 Å². The number of nitrogens with zero attached hydrogens (tertiary/aromatic N) is 2. The van der Waals surface area contributed by atoms with Gasteiger partial charge in [0.05, 0.1) is 0 Å². The van der Waals surface area contributed by atoms with E-state index < -0.39 is 0 Å². The number of halogens is 1. The van der Waals surface area contributed by atoms with Gasteiger partial charge in [0.25, 0.3) is 5.91 Å². The Hall–Kier alpha value is -2.24. The average Bonchev–Trinajstić information content (AvgIpc) is 2.71. The summed E-state index contributed by atoms with van der Waals surface area (Å²) in [6.45, 7) is 11.4. The number of nitrogens with one attached hydrogen (secondary N) is 1. The second kappa shape index (κ2) is 9.30. The average molecular weight is 402 g/mol. The highest BCUT2D eigenvalue weighted by atomic mass is 35.5. The molecule has 0 aromatic heterocycles. The molecule has 6 heteroatoms. The second-order valence-corrected chi connectivity index (χ2v) is 7.55. The lowest BCUT2D eigenvalue weighted by molar-refractivity contribution is -0.118. The number of carbonyl (C=O) groups is 1. The number of likely N-dealkylation sites (N-methyl/N-ethyl adjacent to an activating group) is 1. The molecule has 28 heavy (non-hydrogen) atoms. The number of rotatable bonds is 6. The number of carbonyl (C=O) groups excluding carboxylic acids is 1. The Morgan fingerprint density at radius 3 is 2.25 bits per heavy atom. The number of benzene rings is 2. The Balaban J connectivity index is 1.50. The van der Waals surface area contributed by atoms with Crippen LogP contribution in [0.25, 0.3) is 0 Å². The van der Waals surface area contributed by atoms with Crippen LogP contribution in [0, 0.1) is 13.8 Å². The van der Waals surface area contributed by atoms with Crippen LogP contribution in [0.1, 0.15) is 18.1 Å². The maximum Gasteiger partial charge on any atom is 0.262 e. The van der Waals surface area contributed by atoms with Crippen LogP contribution in [0.3, 0.4) is 0 Å². The summed E-state index contributed by atoms with van der Waals surface area (Å²) in [5, 5.41) is 3.61. The molecular weight excluding hydrogens is 374 g/mol. The number of amides is 1. The smallest absolute Gasteiger partial charge is 0.262 e. The summed E-state index contributed by atoms with van der Waals surface area (Å²) >= 11 is 6.16. The monoisotopic (exact) mass is 401 g/mol. The van der Waals surface area contributed by atoms with Gasteiger partial charge < -0.3 is 19.9 Å². The first-order chi connectivity index (χ1) is 13.5. The van der Waals surface area contributed by atoms with Gasteiger partial charge in [-0.2, -0.15) is 0 Å². The van der Waals surface area contributed by atoms with Crippen molar-refractivity contribution < 1.29 is 9.53 Å². The number of hydrogen-bond donors (Lipinski definition) is 1. The van der Waals surface area contributed by atoms with Gasteiger partial charge in [-0.3, -0.25) is 4.79 Å². The third-order valence-corrected chi connectivity index (χ3v) is 5.71. The van der Waals surface area contributed by atoms with E-state index in [0.717, 1.165) is 54.6 Å². The highest BCUT2D eigenvalue weighted by Crippen LogP contribution is 2.26. The first kappa shape index (κ1) is 20.5. The minimum Gasteiger partial charge on any atom is -0.484 e. The summed E-state index contributed by atoms with van der Waals surface area (Å²) in [5.41, 5.74) is 3.84. The summed E-state index contributed by atoms with van der Waals surface area (Å²) in [5.74, 6) is 0.464. The van der Waals surface area contributed by atoms with Crippen LogP contribution in [-0.2, 0) is 4.79 Å². The molecule has 5 nitrogen and oxygen atoms in total. The number of piperazine rings is 1. The normalized spacial score (nSPS) is 14.8. The number of ether oxygens (including phenoxy) is 1. The van der Waals surface area contributed by atoms with Crippen LogP contribution in [0.4, 0.5) is 11.4 Å². The maximum absolute atomic E-state index is 12.2. The van der Waals surface area contributed by atoms with Crippen LogP contribution in [0.2, 0.25) is 5.02 Å². The van der Waals surface area contributed by atoms with Crippen molar-refractivity contribution in [3.8, 4) is 5.75 Å². The molecule has 0 spiro atoms. The molecule has 3 rings (SSSR count). The fourth-order valence-corrected chi connectivity index (χ4v) is 3.52. The zero-order valence-electron chi connectivity index (χ0n) is 16.8. The van der Waals surface area contributed by atoms with E-state index in [1.54, 1.807) is 0 Å². The highest BCUT2D eigenvalue weighted by Gasteiger charge is 2.15. The van der Waals surface area contributed by atoms with Crippen LogP contribution < -0.4 is 15.0 Å². The standard InChI is InChI=1S/C22H28ClN3O2/c1-4-25-9-11-26(12-10-25)19-7-5-18(6-8-19)24-21(27)15-28-20-13-16(2)22(23)17(3)14-20/h5-8,13-14H,4,9-12,15H2,1-3H3,(H,24,27). The van der Waals surface area contributed by atoms with Crippen molar-refractivity contribution >= 4 is 28.9 Å². The van der Waals surface area contributed by atoms with Crippen LogP contribution in [0.15, 0.2) is 36.4 Å². The van der Waals surface area contributed by atoms with E-state index in [1.165, 1.54) is 5.69 Å². The number of anilines is 2. The van der Waals surface area contributed by atoms with Crippen LogP contribution >= 0.6 is 11.6 Å². The van der Waals surface area contributed by atoms with E-state index in [1.807, 2.05) is 38.1 Å². The van der Waals surface area contributed by atoms with Crippen LogP contribution in [0.5, 0.6) is 5.75 Å². The van der Waals surface area contributed by atoms with Crippen molar-refractivity contribution in [3.63, 3.8) is 0 Å². The van der Waals surface area contributed by atoms with Gasteiger partial charge in [0.2, 0.25) is 0 Å². The molecule has 2 aromatic rings. The van der Waals surface area contributed by atoms with Gasteiger partial charge in [0.1, 0.15) is 5.75 Å². The van der Waals surface area contributed by atoms with Crippen molar-refractivity contribution in [2.45, 2.75) is 20.8 Å². The molecule has 1 aliphatic heterocycles. The Kier molecular flexibility index (Phi) is 6.81. The van der Waals surface area contributed by atoms with E-state index >= 15 is 0 Å². The van der Waals surface area contributed by atoms with E-state index in [4.69, 9.17) is 16.3 Å². The van der Waals surface area contributed by atoms with Crippen molar-refractivity contribution in [1.29, 1.82) is 0 Å². The predicted molar refractivity (Wildman–Crippen MR) is 116 cm³/mol. The molecule has 1 fully saturated rings. The second-order valence-electron chi connectivity index (χ2n) is 7.18. The summed E-state index contributed by atoms with van der Waals surface area (Å²) in [6.07, 6.45) is 0.